The molecule has 2 rings (SSSR count). The standard InChI is InChI=1S/C14H23N5O/c1-4-6-16-12(11(3)5-2)10-19-14(20)18-8-7-15-9-13(18)17-19/h7-9,11-12,16H,4-6,10H2,1-3H3. The molecule has 6 heteroatoms. The molecule has 0 amide bonds. The van der Waals surface area contributed by atoms with Gasteiger partial charge in [-0.25, -0.2) is 13.9 Å². The number of nitrogens with one attached hydrogen (secondary N) is 1. The first-order valence-corrected chi connectivity index (χ1v) is 7.30. The Morgan fingerprint density at radius 3 is 2.85 bits per heavy atom. The van der Waals surface area contributed by atoms with E-state index in [4.69, 9.17) is 0 Å². The molecule has 0 aliphatic heterocycles. The van der Waals surface area contributed by atoms with Crippen molar-refractivity contribution >= 4 is 5.65 Å². The third-order valence-electron chi connectivity index (χ3n) is 3.75. The zero-order valence-corrected chi connectivity index (χ0v) is 12.4. The molecule has 0 aliphatic carbocycles. The average Bonchev–Trinajstić information content (AvgIpc) is 2.79. The van der Waals surface area contributed by atoms with Crippen molar-refractivity contribution in [1.29, 1.82) is 0 Å². The highest BCUT2D eigenvalue weighted by Gasteiger charge is 2.18. The van der Waals surface area contributed by atoms with E-state index in [0.29, 0.717) is 18.1 Å². The molecular weight excluding hydrogens is 254 g/mol. The van der Waals surface area contributed by atoms with Crippen LogP contribution in [0.15, 0.2) is 23.4 Å². The molecule has 2 aromatic rings. The van der Waals surface area contributed by atoms with E-state index < -0.39 is 0 Å². The highest BCUT2D eigenvalue weighted by molar-refractivity contribution is 5.31. The van der Waals surface area contributed by atoms with E-state index in [1.54, 1.807) is 18.6 Å². The number of hydrogen-bond donors (Lipinski definition) is 1. The van der Waals surface area contributed by atoms with Crippen molar-refractivity contribution < 1.29 is 0 Å². The van der Waals surface area contributed by atoms with Crippen molar-refractivity contribution in [3.8, 4) is 0 Å². The van der Waals surface area contributed by atoms with Crippen LogP contribution in [0.3, 0.4) is 0 Å². The molecule has 0 aromatic carbocycles. The highest BCUT2D eigenvalue weighted by atomic mass is 16.2. The summed E-state index contributed by atoms with van der Waals surface area (Å²) in [5, 5.41) is 7.86. The Hall–Kier alpha value is -1.69. The fourth-order valence-electron chi connectivity index (χ4n) is 2.25. The van der Waals surface area contributed by atoms with Gasteiger partial charge in [0.2, 0.25) is 0 Å². The lowest BCUT2D eigenvalue weighted by molar-refractivity contribution is 0.316. The smallest absolute Gasteiger partial charge is 0.312 e. The molecule has 6 nitrogen and oxygen atoms in total. The highest BCUT2D eigenvalue weighted by Crippen LogP contribution is 2.09. The van der Waals surface area contributed by atoms with E-state index in [9.17, 15) is 4.79 Å². The second kappa shape index (κ2) is 6.65. The van der Waals surface area contributed by atoms with Gasteiger partial charge in [0, 0.05) is 18.4 Å². The summed E-state index contributed by atoms with van der Waals surface area (Å²) in [6.07, 6.45) is 7.01. The number of nitrogens with zero attached hydrogens (tertiary/aromatic N) is 4. The summed E-state index contributed by atoms with van der Waals surface area (Å²) in [5.74, 6) is 0.497. The summed E-state index contributed by atoms with van der Waals surface area (Å²) in [4.78, 5) is 16.3. The van der Waals surface area contributed by atoms with Gasteiger partial charge in [-0.05, 0) is 18.9 Å². The van der Waals surface area contributed by atoms with Crippen molar-refractivity contribution in [1.82, 2.24) is 24.5 Å². The van der Waals surface area contributed by atoms with Crippen molar-refractivity contribution in [2.75, 3.05) is 6.54 Å². The fourth-order valence-corrected chi connectivity index (χ4v) is 2.25. The maximum Gasteiger partial charge on any atom is 0.350 e. The van der Waals surface area contributed by atoms with E-state index in [2.05, 4.69) is 36.2 Å². The van der Waals surface area contributed by atoms with Gasteiger partial charge < -0.3 is 5.32 Å². The third kappa shape index (κ3) is 3.07. The van der Waals surface area contributed by atoms with Crippen LogP contribution in [0.4, 0.5) is 0 Å². The van der Waals surface area contributed by atoms with Crippen LogP contribution in [0.2, 0.25) is 0 Å². The zero-order chi connectivity index (χ0) is 14.5. The monoisotopic (exact) mass is 277 g/mol. The molecule has 2 atom stereocenters. The van der Waals surface area contributed by atoms with E-state index in [1.807, 2.05) is 0 Å². The van der Waals surface area contributed by atoms with Crippen LogP contribution in [0.25, 0.3) is 5.65 Å². The van der Waals surface area contributed by atoms with E-state index >= 15 is 0 Å². The molecule has 2 heterocycles. The second-order valence-corrected chi connectivity index (χ2v) is 5.22. The Bertz CT molecular complexity index is 603. The van der Waals surface area contributed by atoms with Gasteiger partial charge in [-0.15, -0.1) is 5.10 Å². The molecule has 110 valence electrons. The van der Waals surface area contributed by atoms with Gasteiger partial charge in [0.25, 0.3) is 0 Å². The minimum Gasteiger partial charge on any atom is -0.312 e. The van der Waals surface area contributed by atoms with Crippen molar-refractivity contribution in [2.45, 2.75) is 46.2 Å². The second-order valence-electron chi connectivity index (χ2n) is 5.22. The summed E-state index contributed by atoms with van der Waals surface area (Å²) in [5.41, 5.74) is 0.491. The molecule has 0 aliphatic rings. The maximum absolute atomic E-state index is 12.3. The first-order chi connectivity index (χ1) is 9.67. The first-order valence-electron chi connectivity index (χ1n) is 7.30. The number of rotatable bonds is 7. The fraction of sp³-hybridized carbons (Fsp3) is 0.643. The topological polar surface area (TPSA) is 64.2 Å². The Kier molecular flexibility index (Phi) is 4.89. The Labute approximate surface area is 118 Å². The van der Waals surface area contributed by atoms with Gasteiger partial charge in [-0.3, -0.25) is 4.98 Å². The van der Waals surface area contributed by atoms with Crippen molar-refractivity contribution in [3.63, 3.8) is 0 Å². The van der Waals surface area contributed by atoms with Crippen LogP contribution in [-0.2, 0) is 6.54 Å². The van der Waals surface area contributed by atoms with E-state index in [1.165, 1.54) is 9.08 Å². The summed E-state index contributed by atoms with van der Waals surface area (Å²) in [6, 6.07) is 0.260. The molecule has 2 unspecified atom stereocenters. The molecule has 0 bridgehead atoms. The first kappa shape index (κ1) is 14.7. The molecular formula is C14H23N5O. The lowest BCUT2D eigenvalue weighted by Crippen LogP contribution is -2.41. The van der Waals surface area contributed by atoms with Crippen LogP contribution < -0.4 is 11.0 Å². The molecule has 1 N–H and O–H groups in total. The van der Waals surface area contributed by atoms with E-state index in [0.717, 1.165) is 19.4 Å². The molecule has 0 saturated carbocycles. The van der Waals surface area contributed by atoms with Crippen LogP contribution in [-0.4, -0.2) is 31.8 Å². The van der Waals surface area contributed by atoms with Gasteiger partial charge in [0.05, 0.1) is 12.7 Å². The van der Waals surface area contributed by atoms with Crippen molar-refractivity contribution in [2.24, 2.45) is 5.92 Å². The van der Waals surface area contributed by atoms with Gasteiger partial charge in [-0.1, -0.05) is 27.2 Å². The molecule has 20 heavy (non-hydrogen) atoms. The Morgan fingerprint density at radius 2 is 2.20 bits per heavy atom. The van der Waals surface area contributed by atoms with Gasteiger partial charge in [0.1, 0.15) is 0 Å². The quantitative estimate of drug-likeness (QED) is 0.828. The summed E-state index contributed by atoms with van der Waals surface area (Å²) in [6.45, 7) is 8.06. The molecule has 2 aromatic heterocycles. The van der Waals surface area contributed by atoms with Crippen LogP contribution in [0, 0.1) is 5.92 Å². The number of fused-ring (bicyclic) bond motifs is 1. The minimum absolute atomic E-state index is 0.103. The Morgan fingerprint density at radius 1 is 1.40 bits per heavy atom. The van der Waals surface area contributed by atoms with Gasteiger partial charge >= 0.3 is 5.69 Å². The number of hydrogen-bond acceptors (Lipinski definition) is 4. The average molecular weight is 277 g/mol. The Balaban J connectivity index is 2.23. The lowest BCUT2D eigenvalue weighted by Gasteiger charge is -2.23. The lowest BCUT2D eigenvalue weighted by atomic mass is 9.99. The summed E-state index contributed by atoms with van der Waals surface area (Å²) < 4.78 is 3.07. The van der Waals surface area contributed by atoms with Crippen LogP contribution in [0.1, 0.15) is 33.6 Å². The summed E-state index contributed by atoms with van der Waals surface area (Å²) in [7, 11) is 0. The molecule has 0 radical (unpaired) electrons. The minimum atomic E-state index is -0.103. The normalized spacial score (nSPS) is 14.6. The maximum atomic E-state index is 12.3. The molecule has 0 spiro atoms. The zero-order valence-electron chi connectivity index (χ0n) is 12.4. The van der Waals surface area contributed by atoms with Gasteiger partial charge in [-0.2, -0.15) is 0 Å². The predicted molar refractivity (Wildman–Crippen MR) is 78.8 cm³/mol. The SMILES string of the molecule is CCCNC(Cn1nc2cnccn2c1=O)C(C)CC. The number of aromatic nitrogens is 4. The van der Waals surface area contributed by atoms with Gasteiger partial charge in [0.15, 0.2) is 5.65 Å². The van der Waals surface area contributed by atoms with Crippen molar-refractivity contribution in [3.05, 3.63) is 29.1 Å². The molecule has 0 saturated heterocycles. The van der Waals surface area contributed by atoms with E-state index in [-0.39, 0.29) is 11.7 Å². The van der Waals surface area contributed by atoms with Crippen LogP contribution >= 0.6 is 0 Å². The predicted octanol–water partition coefficient (Wildman–Crippen LogP) is 1.31. The third-order valence-corrected chi connectivity index (χ3v) is 3.75. The van der Waals surface area contributed by atoms with Crippen LogP contribution in [0.5, 0.6) is 0 Å². The summed E-state index contributed by atoms with van der Waals surface area (Å²) >= 11 is 0. The molecule has 0 fully saturated rings. The largest absolute Gasteiger partial charge is 0.350 e.